The topological polar surface area (TPSA) is 41.6 Å². The van der Waals surface area contributed by atoms with Gasteiger partial charge in [-0.15, -0.1) is 0 Å². The fourth-order valence-corrected chi connectivity index (χ4v) is 2.34. The quantitative estimate of drug-likeness (QED) is 0.824. The Kier molecular flexibility index (Phi) is 2.86. The van der Waals surface area contributed by atoms with E-state index in [0.29, 0.717) is 18.0 Å². The second-order valence-electron chi connectivity index (χ2n) is 4.57. The summed E-state index contributed by atoms with van der Waals surface area (Å²) in [4.78, 5) is 6.55. The third-order valence-electron chi connectivity index (χ3n) is 3.13. The summed E-state index contributed by atoms with van der Waals surface area (Å²) >= 11 is 0. The molecule has 0 bridgehead atoms. The SMILES string of the molecule is Cc1ccccc1C1CN=C(N)N1C(C)C. The van der Waals surface area contributed by atoms with Crippen LogP contribution in [-0.2, 0) is 0 Å². The third kappa shape index (κ3) is 1.77. The van der Waals surface area contributed by atoms with Gasteiger partial charge < -0.3 is 10.6 Å². The molecule has 1 aromatic carbocycles. The molecular weight excluding hydrogens is 198 g/mol. The molecule has 2 N–H and O–H groups in total. The van der Waals surface area contributed by atoms with Gasteiger partial charge in [-0.1, -0.05) is 24.3 Å². The molecule has 2 rings (SSSR count). The maximum absolute atomic E-state index is 5.93. The summed E-state index contributed by atoms with van der Waals surface area (Å²) in [5, 5.41) is 0. The van der Waals surface area contributed by atoms with Crippen LogP contribution in [-0.4, -0.2) is 23.4 Å². The first kappa shape index (κ1) is 11.0. The fourth-order valence-electron chi connectivity index (χ4n) is 2.34. The van der Waals surface area contributed by atoms with Crippen LogP contribution in [0.1, 0.15) is 31.0 Å². The van der Waals surface area contributed by atoms with E-state index >= 15 is 0 Å². The first-order valence-corrected chi connectivity index (χ1v) is 5.75. The largest absolute Gasteiger partial charge is 0.370 e. The number of guanidine groups is 1. The third-order valence-corrected chi connectivity index (χ3v) is 3.13. The van der Waals surface area contributed by atoms with E-state index in [-0.39, 0.29) is 0 Å². The molecule has 1 heterocycles. The van der Waals surface area contributed by atoms with Crippen molar-refractivity contribution in [1.82, 2.24) is 4.90 Å². The molecule has 0 aromatic heterocycles. The summed E-state index contributed by atoms with van der Waals surface area (Å²) in [6, 6.07) is 9.15. The van der Waals surface area contributed by atoms with Gasteiger partial charge >= 0.3 is 0 Å². The summed E-state index contributed by atoms with van der Waals surface area (Å²) < 4.78 is 0. The highest BCUT2D eigenvalue weighted by Crippen LogP contribution is 2.29. The molecule has 3 nitrogen and oxygen atoms in total. The number of aryl methyl sites for hydroxylation is 1. The van der Waals surface area contributed by atoms with Crippen molar-refractivity contribution >= 4 is 5.96 Å². The molecule has 0 fully saturated rings. The van der Waals surface area contributed by atoms with Gasteiger partial charge in [-0.25, -0.2) is 0 Å². The van der Waals surface area contributed by atoms with Gasteiger partial charge in [0.05, 0.1) is 12.6 Å². The number of nitrogens with two attached hydrogens (primary N) is 1. The molecule has 0 radical (unpaired) electrons. The second-order valence-corrected chi connectivity index (χ2v) is 4.57. The number of hydrogen-bond donors (Lipinski definition) is 1. The van der Waals surface area contributed by atoms with E-state index in [1.807, 2.05) is 0 Å². The van der Waals surface area contributed by atoms with E-state index in [2.05, 4.69) is 54.9 Å². The number of aliphatic imine (C=N–C) groups is 1. The Labute approximate surface area is 97.0 Å². The molecule has 0 saturated carbocycles. The van der Waals surface area contributed by atoms with E-state index in [0.717, 1.165) is 6.54 Å². The standard InChI is InChI=1S/C13H19N3/c1-9(2)16-12(8-15-13(16)14)11-7-5-4-6-10(11)3/h4-7,9,12H,8H2,1-3H3,(H2,14,15). The van der Waals surface area contributed by atoms with Crippen LogP contribution in [0.25, 0.3) is 0 Å². The van der Waals surface area contributed by atoms with E-state index in [1.165, 1.54) is 11.1 Å². The summed E-state index contributed by atoms with van der Waals surface area (Å²) in [6.45, 7) is 7.22. The van der Waals surface area contributed by atoms with E-state index in [4.69, 9.17) is 5.73 Å². The van der Waals surface area contributed by atoms with Crippen molar-refractivity contribution in [2.45, 2.75) is 32.9 Å². The van der Waals surface area contributed by atoms with Gasteiger partial charge in [0.25, 0.3) is 0 Å². The van der Waals surface area contributed by atoms with Gasteiger partial charge in [-0.2, -0.15) is 0 Å². The highest BCUT2D eigenvalue weighted by molar-refractivity contribution is 5.80. The van der Waals surface area contributed by atoms with E-state index in [1.54, 1.807) is 0 Å². The van der Waals surface area contributed by atoms with Crippen molar-refractivity contribution in [3.8, 4) is 0 Å². The molecule has 0 saturated heterocycles. The monoisotopic (exact) mass is 217 g/mol. The van der Waals surface area contributed by atoms with Crippen molar-refractivity contribution in [3.05, 3.63) is 35.4 Å². The first-order valence-electron chi connectivity index (χ1n) is 5.75. The van der Waals surface area contributed by atoms with Crippen LogP contribution in [0.3, 0.4) is 0 Å². The van der Waals surface area contributed by atoms with Crippen molar-refractivity contribution in [2.24, 2.45) is 10.7 Å². The van der Waals surface area contributed by atoms with Crippen LogP contribution < -0.4 is 5.73 Å². The Hall–Kier alpha value is -1.51. The zero-order chi connectivity index (χ0) is 11.7. The molecule has 1 unspecified atom stereocenters. The minimum Gasteiger partial charge on any atom is -0.370 e. The predicted molar refractivity (Wildman–Crippen MR) is 67.4 cm³/mol. The lowest BCUT2D eigenvalue weighted by molar-refractivity contribution is 0.289. The highest BCUT2D eigenvalue weighted by atomic mass is 15.3. The van der Waals surface area contributed by atoms with Crippen molar-refractivity contribution in [2.75, 3.05) is 6.54 Å². The van der Waals surface area contributed by atoms with Gasteiger partial charge in [0.1, 0.15) is 0 Å². The van der Waals surface area contributed by atoms with Gasteiger partial charge in [-0.3, -0.25) is 4.99 Å². The van der Waals surface area contributed by atoms with Gasteiger partial charge in [0.15, 0.2) is 5.96 Å². The zero-order valence-corrected chi connectivity index (χ0v) is 10.1. The number of benzene rings is 1. The summed E-state index contributed by atoms with van der Waals surface area (Å²) in [7, 11) is 0. The molecule has 0 spiro atoms. The Morgan fingerprint density at radius 1 is 1.38 bits per heavy atom. The van der Waals surface area contributed by atoms with Gasteiger partial charge in [0, 0.05) is 6.04 Å². The maximum atomic E-state index is 5.93. The Bertz CT molecular complexity index is 409. The molecular formula is C13H19N3. The van der Waals surface area contributed by atoms with Gasteiger partial charge in [0.2, 0.25) is 0 Å². The Balaban J connectivity index is 2.33. The minimum atomic E-state index is 0.307. The second kappa shape index (κ2) is 4.16. The molecule has 1 aliphatic heterocycles. The summed E-state index contributed by atoms with van der Waals surface area (Å²) in [6.07, 6.45) is 0. The average Bonchev–Trinajstić information content (AvgIpc) is 2.61. The van der Waals surface area contributed by atoms with Crippen LogP contribution in [0.4, 0.5) is 0 Å². The van der Waals surface area contributed by atoms with Crippen LogP contribution in [0.2, 0.25) is 0 Å². The van der Waals surface area contributed by atoms with E-state index in [9.17, 15) is 0 Å². The van der Waals surface area contributed by atoms with Crippen molar-refractivity contribution in [3.63, 3.8) is 0 Å². The molecule has 0 aliphatic carbocycles. The molecule has 16 heavy (non-hydrogen) atoms. The van der Waals surface area contributed by atoms with Crippen LogP contribution in [0, 0.1) is 6.92 Å². The van der Waals surface area contributed by atoms with Gasteiger partial charge in [-0.05, 0) is 31.9 Å². The summed E-state index contributed by atoms with van der Waals surface area (Å²) in [5.41, 5.74) is 8.58. The van der Waals surface area contributed by atoms with Crippen molar-refractivity contribution in [1.29, 1.82) is 0 Å². The zero-order valence-electron chi connectivity index (χ0n) is 10.1. The average molecular weight is 217 g/mol. The smallest absolute Gasteiger partial charge is 0.192 e. The normalized spacial score (nSPS) is 20.4. The number of nitrogens with zero attached hydrogens (tertiary/aromatic N) is 2. The van der Waals surface area contributed by atoms with Crippen molar-refractivity contribution < 1.29 is 0 Å². The van der Waals surface area contributed by atoms with E-state index < -0.39 is 0 Å². The van der Waals surface area contributed by atoms with Crippen LogP contribution >= 0.6 is 0 Å². The summed E-state index contributed by atoms with van der Waals surface area (Å²) in [5.74, 6) is 0.670. The maximum Gasteiger partial charge on any atom is 0.192 e. The first-order chi connectivity index (χ1) is 7.61. The lowest BCUT2D eigenvalue weighted by atomic mass is 10.00. The molecule has 0 amide bonds. The lowest BCUT2D eigenvalue weighted by Crippen LogP contribution is -2.41. The molecule has 1 aromatic rings. The lowest BCUT2D eigenvalue weighted by Gasteiger charge is -2.31. The minimum absolute atomic E-state index is 0.307. The number of hydrogen-bond acceptors (Lipinski definition) is 3. The highest BCUT2D eigenvalue weighted by Gasteiger charge is 2.29. The fraction of sp³-hybridized carbons (Fsp3) is 0.462. The number of rotatable bonds is 2. The Morgan fingerprint density at radius 3 is 2.69 bits per heavy atom. The predicted octanol–water partition coefficient (Wildman–Crippen LogP) is 2.07. The molecule has 1 aliphatic rings. The molecule has 1 atom stereocenters. The molecule has 3 heteroatoms. The van der Waals surface area contributed by atoms with Crippen LogP contribution in [0.5, 0.6) is 0 Å². The Morgan fingerprint density at radius 2 is 2.06 bits per heavy atom. The molecule has 86 valence electrons. The van der Waals surface area contributed by atoms with Crippen LogP contribution in [0.15, 0.2) is 29.3 Å².